The van der Waals surface area contributed by atoms with Crippen LogP contribution in [0.3, 0.4) is 0 Å². The lowest BCUT2D eigenvalue weighted by Gasteiger charge is -2.15. The zero-order valence-electron chi connectivity index (χ0n) is 12.8. The van der Waals surface area contributed by atoms with Gasteiger partial charge in [0.15, 0.2) is 0 Å². The van der Waals surface area contributed by atoms with Gasteiger partial charge in [0.1, 0.15) is 5.75 Å². The smallest absolute Gasteiger partial charge is 0.233 e. The molecular weight excluding hydrogens is 314 g/mol. The van der Waals surface area contributed by atoms with E-state index in [1.165, 1.54) is 24.6 Å². The monoisotopic (exact) mass is 333 g/mol. The average molecular weight is 333 g/mol. The maximum absolute atomic E-state index is 12.3. The molecule has 0 bridgehead atoms. The fraction of sp³-hybridized carbons (Fsp3) is 0.467. The molecule has 1 saturated carbocycles. The van der Waals surface area contributed by atoms with E-state index >= 15 is 0 Å². The second-order valence-corrected chi connectivity index (χ2v) is 6.95. The first-order chi connectivity index (χ1) is 11.1. The summed E-state index contributed by atoms with van der Waals surface area (Å²) in [6, 6.07) is 6.89. The fourth-order valence-corrected chi connectivity index (χ4v) is 3.43. The molecule has 1 aliphatic carbocycles. The van der Waals surface area contributed by atoms with Gasteiger partial charge in [0.05, 0.1) is 10.9 Å². The standard InChI is InChI=1S/C15H19N5O2S/c1-10(14(22)16-11-4-2-3-5-11)23-15-17-18-19-20(15)12-6-8-13(21)9-7-12/h6-11,21H,2-5H2,1H3,(H,16,22)/t10-/m1/s1. The normalized spacial score (nSPS) is 16.4. The van der Waals surface area contributed by atoms with Gasteiger partial charge < -0.3 is 10.4 Å². The Balaban J connectivity index is 1.67. The number of nitrogens with one attached hydrogen (secondary N) is 1. The topological polar surface area (TPSA) is 92.9 Å². The Morgan fingerprint density at radius 1 is 1.35 bits per heavy atom. The van der Waals surface area contributed by atoms with Crippen LogP contribution in [0.1, 0.15) is 32.6 Å². The third-order valence-electron chi connectivity index (χ3n) is 3.89. The highest BCUT2D eigenvalue weighted by atomic mass is 32.2. The van der Waals surface area contributed by atoms with Gasteiger partial charge in [-0.3, -0.25) is 4.79 Å². The fourth-order valence-electron chi connectivity index (χ4n) is 2.61. The van der Waals surface area contributed by atoms with Gasteiger partial charge in [-0.05, 0) is 54.5 Å². The number of amides is 1. The van der Waals surface area contributed by atoms with E-state index in [1.54, 1.807) is 28.9 Å². The van der Waals surface area contributed by atoms with Crippen LogP contribution in [0.4, 0.5) is 0 Å². The summed E-state index contributed by atoms with van der Waals surface area (Å²) in [5, 5.41) is 24.3. The van der Waals surface area contributed by atoms with Crippen molar-refractivity contribution in [3.63, 3.8) is 0 Å². The molecule has 0 saturated heterocycles. The first-order valence-electron chi connectivity index (χ1n) is 7.68. The summed E-state index contributed by atoms with van der Waals surface area (Å²) in [5.41, 5.74) is 0.735. The van der Waals surface area contributed by atoms with Crippen LogP contribution in [0.15, 0.2) is 29.4 Å². The van der Waals surface area contributed by atoms with E-state index in [9.17, 15) is 9.90 Å². The number of phenolic OH excluding ortho intramolecular Hbond substituents is 1. The number of carbonyl (C=O) groups is 1. The van der Waals surface area contributed by atoms with Crippen LogP contribution in [0.25, 0.3) is 5.69 Å². The second-order valence-electron chi connectivity index (χ2n) is 5.64. The van der Waals surface area contributed by atoms with Crippen LogP contribution in [0, 0.1) is 0 Å². The van der Waals surface area contributed by atoms with Gasteiger partial charge in [0.2, 0.25) is 11.1 Å². The molecule has 1 heterocycles. The Morgan fingerprint density at radius 2 is 2.04 bits per heavy atom. The average Bonchev–Trinajstić information content (AvgIpc) is 3.20. The minimum Gasteiger partial charge on any atom is -0.508 e. The van der Waals surface area contributed by atoms with Crippen LogP contribution in [-0.2, 0) is 4.79 Å². The molecule has 2 aromatic rings. The van der Waals surface area contributed by atoms with Crippen LogP contribution in [-0.4, -0.2) is 42.5 Å². The molecule has 1 amide bonds. The zero-order valence-corrected chi connectivity index (χ0v) is 13.7. The first-order valence-corrected chi connectivity index (χ1v) is 8.56. The Bertz CT molecular complexity index is 667. The molecule has 3 rings (SSSR count). The molecule has 1 aromatic heterocycles. The van der Waals surface area contributed by atoms with E-state index in [2.05, 4.69) is 20.8 Å². The molecule has 122 valence electrons. The van der Waals surface area contributed by atoms with E-state index in [0.29, 0.717) is 11.2 Å². The van der Waals surface area contributed by atoms with Crippen molar-refractivity contribution < 1.29 is 9.90 Å². The van der Waals surface area contributed by atoms with E-state index in [1.807, 2.05) is 6.92 Å². The van der Waals surface area contributed by atoms with E-state index in [0.717, 1.165) is 18.5 Å². The van der Waals surface area contributed by atoms with Crippen molar-refractivity contribution >= 4 is 17.7 Å². The molecule has 8 heteroatoms. The number of carbonyl (C=O) groups excluding carboxylic acids is 1. The van der Waals surface area contributed by atoms with Crippen molar-refractivity contribution in [3.05, 3.63) is 24.3 Å². The predicted octanol–water partition coefficient (Wildman–Crippen LogP) is 1.91. The minimum absolute atomic E-state index is 0.0159. The summed E-state index contributed by atoms with van der Waals surface area (Å²) in [7, 11) is 0. The predicted molar refractivity (Wildman–Crippen MR) is 86.5 cm³/mol. The number of rotatable bonds is 5. The van der Waals surface area contributed by atoms with E-state index < -0.39 is 0 Å². The maximum Gasteiger partial charge on any atom is 0.233 e. The number of phenols is 1. The molecule has 23 heavy (non-hydrogen) atoms. The van der Waals surface area contributed by atoms with Gasteiger partial charge in [-0.2, -0.15) is 4.68 Å². The first kappa shape index (κ1) is 15.8. The Hall–Kier alpha value is -2.09. The molecule has 1 atom stereocenters. The molecule has 2 N–H and O–H groups in total. The lowest BCUT2D eigenvalue weighted by atomic mass is 10.2. The van der Waals surface area contributed by atoms with Crippen LogP contribution in [0.5, 0.6) is 5.75 Å². The number of benzene rings is 1. The molecule has 0 spiro atoms. The molecule has 0 radical (unpaired) electrons. The quantitative estimate of drug-likeness (QED) is 0.812. The largest absolute Gasteiger partial charge is 0.508 e. The Labute approximate surface area is 138 Å². The summed E-state index contributed by atoms with van der Waals surface area (Å²) in [4.78, 5) is 12.3. The van der Waals surface area contributed by atoms with Gasteiger partial charge >= 0.3 is 0 Å². The summed E-state index contributed by atoms with van der Waals surface area (Å²) in [6.07, 6.45) is 4.50. The van der Waals surface area contributed by atoms with Gasteiger partial charge in [0, 0.05) is 6.04 Å². The van der Waals surface area contributed by atoms with Crippen molar-refractivity contribution in [2.24, 2.45) is 0 Å². The van der Waals surface area contributed by atoms with Crippen molar-refractivity contribution in [2.45, 2.75) is 49.1 Å². The molecule has 0 aliphatic heterocycles. The highest BCUT2D eigenvalue weighted by Crippen LogP contribution is 2.25. The SMILES string of the molecule is C[C@@H](Sc1nnnn1-c1ccc(O)cc1)C(=O)NC1CCCC1. The van der Waals surface area contributed by atoms with E-state index in [4.69, 9.17) is 0 Å². The van der Waals surface area contributed by atoms with Crippen LogP contribution in [0.2, 0.25) is 0 Å². The van der Waals surface area contributed by atoms with Gasteiger partial charge in [0.25, 0.3) is 0 Å². The third-order valence-corrected chi connectivity index (χ3v) is 4.92. The van der Waals surface area contributed by atoms with Gasteiger partial charge in [-0.25, -0.2) is 0 Å². The number of nitrogens with zero attached hydrogens (tertiary/aromatic N) is 4. The minimum atomic E-state index is -0.280. The number of aromatic hydroxyl groups is 1. The number of tetrazole rings is 1. The summed E-state index contributed by atoms with van der Waals surface area (Å²) in [6.45, 7) is 1.85. The highest BCUT2D eigenvalue weighted by molar-refractivity contribution is 8.00. The number of hydrogen-bond acceptors (Lipinski definition) is 6. The molecule has 0 unspecified atom stereocenters. The zero-order chi connectivity index (χ0) is 16.2. The van der Waals surface area contributed by atoms with Crippen molar-refractivity contribution in [2.75, 3.05) is 0 Å². The second kappa shape index (κ2) is 6.99. The molecule has 1 fully saturated rings. The van der Waals surface area contributed by atoms with Crippen LogP contribution >= 0.6 is 11.8 Å². The molecule has 7 nitrogen and oxygen atoms in total. The van der Waals surface area contributed by atoms with E-state index in [-0.39, 0.29) is 16.9 Å². The number of hydrogen-bond donors (Lipinski definition) is 2. The molecule has 1 aliphatic rings. The number of aromatic nitrogens is 4. The van der Waals surface area contributed by atoms with Crippen molar-refractivity contribution in [3.8, 4) is 11.4 Å². The summed E-state index contributed by atoms with van der Waals surface area (Å²) >= 11 is 1.32. The van der Waals surface area contributed by atoms with Gasteiger partial charge in [-0.15, -0.1) is 5.10 Å². The highest BCUT2D eigenvalue weighted by Gasteiger charge is 2.23. The third kappa shape index (κ3) is 3.82. The lowest BCUT2D eigenvalue weighted by Crippen LogP contribution is -2.37. The van der Waals surface area contributed by atoms with Crippen LogP contribution < -0.4 is 5.32 Å². The van der Waals surface area contributed by atoms with Crippen molar-refractivity contribution in [1.82, 2.24) is 25.5 Å². The summed E-state index contributed by atoms with van der Waals surface area (Å²) < 4.78 is 1.56. The Morgan fingerprint density at radius 3 is 2.74 bits per heavy atom. The van der Waals surface area contributed by atoms with Crippen molar-refractivity contribution in [1.29, 1.82) is 0 Å². The maximum atomic E-state index is 12.3. The molecule has 1 aromatic carbocycles. The Kier molecular flexibility index (Phi) is 4.80. The lowest BCUT2D eigenvalue weighted by molar-refractivity contribution is -0.120. The molecular formula is C15H19N5O2S. The number of thioether (sulfide) groups is 1. The summed E-state index contributed by atoms with van der Waals surface area (Å²) in [5.74, 6) is 0.197. The van der Waals surface area contributed by atoms with Gasteiger partial charge in [-0.1, -0.05) is 24.6 Å².